The normalized spacial score (nSPS) is 16.1. The van der Waals surface area contributed by atoms with Crippen LogP contribution < -0.4 is 10.1 Å². The standard InChI is InChI=1S/C20H28N4O/c1-15(2)14-24-10-8-18(9-11-24)21-12-17-13-22-23-20(17)16-4-6-19(25-3)7-5-16/h4-7,13,18,21H,1,8-12,14H2,2-3H3,(H,22,23). The summed E-state index contributed by atoms with van der Waals surface area (Å²) >= 11 is 0. The zero-order chi connectivity index (χ0) is 17.6. The molecule has 0 aliphatic carbocycles. The number of ether oxygens (including phenoxy) is 1. The number of aromatic amines is 1. The number of rotatable bonds is 7. The van der Waals surface area contributed by atoms with Crippen LogP contribution in [-0.4, -0.2) is 47.9 Å². The number of aromatic nitrogens is 2. The molecule has 3 rings (SSSR count). The van der Waals surface area contributed by atoms with Crippen LogP contribution in [0.5, 0.6) is 5.75 Å². The Labute approximate surface area is 150 Å². The number of methoxy groups -OCH3 is 1. The average Bonchev–Trinajstić information content (AvgIpc) is 3.09. The lowest BCUT2D eigenvalue weighted by atomic mass is 10.0. The van der Waals surface area contributed by atoms with E-state index in [0.29, 0.717) is 6.04 Å². The first-order valence-electron chi connectivity index (χ1n) is 8.92. The van der Waals surface area contributed by atoms with E-state index in [-0.39, 0.29) is 0 Å². The van der Waals surface area contributed by atoms with Crippen LogP contribution in [-0.2, 0) is 6.54 Å². The average molecular weight is 340 g/mol. The fourth-order valence-corrected chi connectivity index (χ4v) is 3.38. The molecule has 2 N–H and O–H groups in total. The summed E-state index contributed by atoms with van der Waals surface area (Å²) in [7, 11) is 1.68. The van der Waals surface area contributed by atoms with Crippen LogP contribution in [0.2, 0.25) is 0 Å². The molecule has 0 spiro atoms. The van der Waals surface area contributed by atoms with Crippen molar-refractivity contribution in [2.45, 2.75) is 32.4 Å². The summed E-state index contributed by atoms with van der Waals surface area (Å²) in [4.78, 5) is 2.49. The van der Waals surface area contributed by atoms with Gasteiger partial charge in [-0.25, -0.2) is 0 Å². The lowest BCUT2D eigenvalue weighted by Gasteiger charge is -2.32. The highest BCUT2D eigenvalue weighted by Crippen LogP contribution is 2.24. The first-order valence-corrected chi connectivity index (χ1v) is 8.92. The molecule has 25 heavy (non-hydrogen) atoms. The van der Waals surface area contributed by atoms with Crippen molar-refractivity contribution in [1.82, 2.24) is 20.4 Å². The minimum atomic E-state index is 0.569. The van der Waals surface area contributed by atoms with Gasteiger partial charge in [-0.3, -0.25) is 10.00 Å². The van der Waals surface area contributed by atoms with Gasteiger partial charge in [0, 0.05) is 30.3 Å². The molecule has 134 valence electrons. The monoisotopic (exact) mass is 340 g/mol. The Morgan fingerprint density at radius 2 is 2.04 bits per heavy atom. The van der Waals surface area contributed by atoms with Crippen LogP contribution in [0.15, 0.2) is 42.6 Å². The maximum atomic E-state index is 5.23. The van der Waals surface area contributed by atoms with Crippen LogP contribution in [0.3, 0.4) is 0 Å². The van der Waals surface area contributed by atoms with Crippen molar-refractivity contribution < 1.29 is 4.74 Å². The molecule has 2 heterocycles. The van der Waals surface area contributed by atoms with Crippen LogP contribution >= 0.6 is 0 Å². The van der Waals surface area contributed by atoms with Crippen molar-refractivity contribution in [3.8, 4) is 17.0 Å². The van der Waals surface area contributed by atoms with Gasteiger partial charge in [-0.2, -0.15) is 5.10 Å². The number of hydrogen-bond acceptors (Lipinski definition) is 4. The third-order valence-corrected chi connectivity index (χ3v) is 4.76. The number of nitrogens with one attached hydrogen (secondary N) is 2. The van der Waals surface area contributed by atoms with Gasteiger partial charge in [-0.05, 0) is 57.1 Å². The molecule has 0 unspecified atom stereocenters. The zero-order valence-corrected chi connectivity index (χ0v) is 15.2. The second-order valence-electron chi connectivity index (χ2n) is 6.89. The highest BCUT2D eigenvalue weighted by atomic mass is 16.5. The Hall–Kier alpha value is -2.11. The number of H-pyrrole nitrogens is 1. The summed E-state index contributed by atoms with van der Waals surface area (Å²) in [5, 5.41) is 11.1. The van der Waals surface area contributed by atoms with Gasteiger partial charge < -0.3 is 10.1 Å². The second kappa shape index (κ2) is 8.32. The first-order chi connectivity index (χ1) is 12.2. The topological polar surface area (TPSA) is 53.2 Å². The van der Waals surface area contributed by atoms with Gasteiger partial charge in [0.15, 0.2) is 0 Å². The maximum absolute atomic E-state index is 5.23. The van der Waals surface area contributed by atoms with E-state index < -0.39 is 0 Å². The predicted molar refractivity (Wildman–Crippen MR) is 102 cm³/mol. The van der Waals surface area contributed by atoms with Crippen molar-refractivity contribution >= 4 is 0 Å². The van der Waals surface area contributed by atoms with Crippen molar-refractivity contribution in [1.29, 1.82) is 0 Å². The van der Waals surface area contributed by atoms with E-state index in [4.69, 9.17) is 4.74 Å². The van der Waals surface area contributed by atoms with Crippen LogP contribution in [0.25, 0.3) is 11.3 Å². The summed E-state index contributed by atoms with van der Waals surface area (Å²) in [5.74, 6) is 0.865. The Morgan fingerprint density at radius 1 is 1.32 bits per heavy atom. The van der Waals surface area contributed by atoms with E-state index >= 15 is 0 Å². The van der Waals surface area contributed by atoms with Gasteiger partial charge in [0.25, 0.3) is 0 Å². The Kier molecular flexibility index (Phi) is 5.89. The van der Waals surface area contributed by atoms with Gasteiger partial charge in [-0.15, -0.1) is 0 Å². The molecule has 1 fully saturated rings. The molecule has 2 aromatic rings. The van der Waals surface area contributed by atoms with E-state index in [9.17, 15) is 0 Å². The van der Waals surface area contributed by atoms with Gasteiger partial charge in [0.2, 0.25) is 0 Å². The van der Waals surface area contributed by atoms with Crippen LogP contribution in [0, 0.1) is 0 Å². The van der Waals surface area contributed by atoms with E-state index in [0.717, 1.165) is 43.2 Å². The summed E-state index contributed by atoms with van der Waals surface area (Å²) in [6, 6.07) is 8.65. The van der Waals surface area contributed by atoms with Crippen molar-refractivity contribution in [2.75, 3.05) is 26.7 Å². The SMILES string of the molecule is C=C(C)CN1CCC(NCc2cn[nH]c2-c2ccc(OC)cc2)CC1. The van der Waals surface area contributed by atoms with Crippen molar-refractivity contribution in [3.63, 3.8) is 0 Å². The lowest BCUT2D eigenvalue weighted by Crippen LogP contribution is -2.42. The summed E-state index contributed by atoms with van der Waals surface area (Å²) in [5.41, 5.74) is 4.66. The van der Waals surface area contributed by atoms with E-state index in [2.05, 4.69) is 46.0 Å². The second-order valence-corrected chi connectivity index (χ2v) is 6.89. The maximum Gasteiger partial charge on any atom is 0.118 e. The molecule has 0 atom stereocenters. The number of benzene rings is 1. The summed E-state index contributed by atoms with van der Waals surface area (Å²) in [6.07, 6.45) is 4.29. The van der Waals surface area contributed by atoms with Gasteiger partial charge in [0.05, 0.1) is 19.0 Å². The smallest absolute Gasteiger partial charge is 0.118 e. The predicted octanol–water partition coefficient (Wildman–Crippen LogP) is 3.22. The highest BCUT2D eigenvalue weighted by molar-refractivity contribution is 5.63. The molecule has 5 heteroatoms. The Balaban J connectivity index is 1.54. The minimum Gasteiger partial charge on any atom is -0.497 e. The largest absolute Gasteiger partial charge is 0.497 e. The van der Waals surface area contributed by atoms with Crippen LogP contribution in [0.4, 0.5) is 0 Å². The minimum absolute atomic E-state index is 0.569. The van der Waals surface area contributed by atoms with Gasteiger partial charge in [0.1, 0.15) is 5.75 Å². The van der Waals surface area contributed by atoms with E-state index in [1.165, 1.54) is 24.0 Å². The molecule has 0 radical (unpaired) electrons. The third kappa shape index (κ3) is 4.71. The fourth-order valence-electron chi connectivity index (χ4n) is 3.38. The summed E-state index contributed by atoms with van der Waals surface area (Å²) < 4.78 is 5.23. The number of nitrogens with zero attached hydrogens (tertiary/aromatic N) is 2. The number of hydrogen-bond donors (Lipinski definition) is 2. The molecule has 0 saturated carbocycles. The van der Waals surface area contributed by atoms with Crippen molar-refractivity contribution in [3.05, 3.63) is 48.2 Å². The zero-order valence-electron chi connectivity index (χ0n) is 15.2. The molecule has 1 aliphatic rings. The number of likely N-dealkylation sites (tertiary alicyclic amines) is 1. The molecule has 0 amide bonds. The van der Waals surface area contributed by atoms with Crippen molar-refractivity contribution in [2.24, 2.45) is 0 Å². The summed E-state index contributed by atoms with van der Waals surface area (Å²) in [6.45, 7) is 10.3. The molecular formula is C20H28N4O. The number of piperidine rings is 1. The van der Waals surface area contributed by atoms with E-state index in [1.54, 1.807) is 7.11 Å². The highest BCUT2D eigenvalue weighted by Gasteiger charge is 2.19. The molecule has 1 aromatic carbocycles. The molecule has 5 nitrogen and oxygen atoms in total. The molecule has 0 bridgehead atoms. The Bertz CT molecular complexity index is 684. The lowest BCUT2D eigenvalue weighted by molar-refractivity contribution is 0.211. The van der Waals surface area contributed by atoms with E-state index in [1.807, 2.05) is 18.3 Å². The third-order valence-electron chi connectivity index (χ3n) is 4.76. The van der Waals surface area contributed by atoms with Gasteiger partial charge >= 0.3 is 0 Å². The molecule has 1 aliphatic heterocycles. The first kappa shape index (κ1) is 17.7. The molecule has 1 aromatic heterocycles. The Morgan fingerprint density at radius 3 is 2.68 bits per heavy atom. The van der Waals surface area contributed by atoms with Crippen LogP contribution in [0.1, 0.15) is 25.3 Å². The quantitative estimate of drug-likeness (QED) is 0.760. The van der Waals surface area contributed by atoms with Gasteiger partial charge in [-0.1, -0.05) is 12.2 Å². The molecular weight excluding hydrogens is 312 g/mol. The molecule has 1 saturated heterocycles. The fraction of sp³-hybridized carbons (Fsp3) is 0.450.